The van der Waals surface area contributed by atoms with Crippen molar-refractivity contribution in [3.05, 3.63) is 187 Å². The van der Waals surface area contributed by atoms with Gasteiger partial charge in [0.1, 0.15) is 0 Å². The lowest BCUT2D eigenvalue weighted by Crippen LogP contribution is -2.30. The molecule has 3 nitrogen and oxygen atoms in total. The van der Waals surface area contributed by atoms with Crippen LogP contribution in [0.25, 0.3) is 55.3 Å². The number of para-hydroxylation sites is 4. The molecule has 0 fully saturated rings. The summed E-state index contributed by atoms with van der Waals surface area (Å²) in [6.45, 7) is 4.68. The topological polar surface area (TPSA) is 13.1 Å². The second-order valence-corrected chi connectivity index (χ2v) is 13.8. The van der Waals surface area contributed by atoms with Gasteiger partial charge in [0.05, 0.1) is 33.6 Å². The maximum atomic E-state index is 2.48. The first-order valence-corrected chi connectivity index (χ1v) is 17.4. The second-order valence-electron chi connectivity index (χ2n) is 13.8. The monoisotopic (exact) mass is 641 g/mol. The molecule has 1 aliphatic rings. The Balaban J connectivity index is 1.29. The maximum absolute atomic E-state index is 2.48. The number of hydrogen-bond donors (Lipinski definition) is 0. The van der Waals surface area contributed by atoms with E-state index < -0.39 is 0 Å². The minimum atomic E-state index is -0.112. The number of anilines is 3. The summed E-state index contributed by atoms with van der Waals surface area (Å²) < 4.78 is 4.93. The van der Waals surface area contributed by atoms with Gasteiger partial charge in [-0.1, -0.05) is 135 Å². The first-order valence-electron chi connectivity index (χ1n) is 17.4. The van der Waals surface area contributed by atoms with Crippen LogP contribution < -0.4 is 4.90 Å². The van der Waals surface area contributed by atoms with E-state index in [1.54, 1.807) is 0 Å². The van der Waals surface area contributed by atoms with Crippen LogP contribution in [-0.4, -0.2) is 9.13 Å². The predicted octanol–water partition coefficient (Wildman–Crippen LogP) is 12.5. The summed E-state index contributed by atoms with van der Waals surface area (Å²) in [6.07, 6.45) is 0. The predicted molar refractivity (Wildman–Crippen MR) is 210 cm³/mol. The summed E-state index contributed by atoms with van der Waals surface area (Å²) in [6, 6.07) is 64.1. The van der Waals surface area contributed by atoms with E-state index in [2.05, 4.69) is 204 Å². The average Bonchev–Trinajstić information content (AvgIpc) is 3.72. The largest absolute Gasteiger partial charge is 0.310 e. The van der Waals surface area contributed by atoms with Gasteiger partial charge in [-0.3, -0.25) is 0 Å². The Kier molecular flexibility index (Phi) is 6.22. The third-order valence-electron chi connectivity index (χ3n) is 10.7. The Morgan fingerprint density at radius 1 is 0.420 bits per heavy atom. The fraction of sp³-hybridized carbons (Fsp3) is 0.0638. The molecule has 0 amide bonds. The highest BCUT2D eigenvalue weighted by atomic mass is 15.2. The number of rotatable bonds is 4. The summed E-state index contributed by atoms with van der Waals surface area (Å²) in [4.78, 5) is 2.45. The van der Waals surface area contributed by atoms with Gasteiger partial charge in [-0.25, -0.2) is 0 Å². The Morgan fingerprint density at radius 3 is 1.76 bits per heavy atom. The lowest BCUT2D eigenvalue weighted by atomic mass is 9.73. The van der Waals surface area contributed by atoms with Gasteiger partial charge in [-0.05, 0) is 71.3 Å². The van der Waals surface area contributed by atoms with Crippen molar-refractivity contribution in [1.82, 2.24) is 9.13 Å². The van der Waals surface area contributed by atoms with E-state index >= 15 is 0 Å². The van der Waals surface area contributed by atoms with Crippen molar-refractivity contribution in [2.45, 2.75) is 19.3 Å². The van der Waals surface area contributed by atoms with Crippen molar-refractivity contribution in [2.24, 2.45) is 0 Å². The zero-order valence-corrected chi connectivity index (χ0v) is 28.1. The molecule has 1 aliphatic heterocycles. The number of nitrogens with zero attached hydrogens (tertiary/aromatic N) is 3. The van der Waals surface area contributed by atoms with Gasteiger partial charge in [0, 0.05) is 38.6 Å². The number of aromatic nitrogens is 2. The van der Waals surface area contributed by atoms with Gasteiger partial charge in [0.15, 0.2) is 0 Å². The molecule has 0 aliphatic carbocycles. The SMILES string of the molecule is CC1(C)c2ccccc2N(c2cccc(-n3c4ccccc4c4ccc5cc(-c6ccccc6)n(-c6ccccc6)c5c43)c2)c2ccccc21. The van der Waals surface area contributed by atoms with Crippen LogP contribution in [0.3, 0.4) is 0 Å². The molecule has 0 N–H and O–H groups in total. The fourth-order valence-corrected chi connectivity index (χ4v) is 8.39. The molecular formula is C47H35N3. The summed E-state index contributed by atoms with van der Waals surface area (Å²) in [5.41, 5.74) is 14.4. The molecule has 50 heavy (non-hydrogen) atoms. The normalized spacial score (nSPS) is 13.5. The van der Waals surface area contributed by atoms with Crippen LogP contribution in [0.2, 0.25) is 0 Å². The lowest BCUT2D eigenvalue weighted by molar-refractivity contribution is 0.632. The third-order valence-corrected chi connectivity index (χ3v) is 10.7. The summed E-state index contributed by atoms with van der Waals surface area (Å²) in [7, 11) is 0. The van der Waals surface area contributed by atoms with Gasteiger partial charge < -0.3 is 14.0 Å². The van der Waals surface area contributed by atoms with Crippen LogP contribution in [0.1, 0.15) is 25.0 Å². The van der Waals surface area contributed by atoms with E-state index in [4.69, 9.17) is 0 Å². The van der Waals surface area contributed by atoms with Crippen LogP contribution in [0.15, 0.2) is 176 Å². The zero-order chi connectivity index (χ0) is 33.4. The molecule has 7 aromatic carbocycles. The summed E-state index contributed by atoms with van der Waals surface area (Å²) in [5.74, 6) is 0. The van der Waals surface area contributed by atoms with Gasteiger partial charge in [0.2, 0.25) is 0 Å². The van der Waals surface area contributed by atoms with Crippen molar-refractivity contribution in [2.75, 3.05) is 4.90 Å². The van der Waals surface area contributed by atoms with Gasteiger partial charge in [0.25, 0.3) is 0 Å². The molecule has 10 rings (SSSR count). The van der Waals surface area contributed by atoms with Crippen molar-refractivity contribution < 1.29 is 0 Å². The van der Waals surface area contributed by atoms with E-state index in [0.717, 1.165) is 17.1 Å². The molecular weight excluding hydrogens is 607 g/mol. The smallest absolute Gasteiger partial charge is 0.0788 e. The Labute approximate surface area is 291 Å². The maximum Gasteiger partial charge on any atom is 0.0788 e. The van der Waals surface area contributed by atoms with Crippen molar-refractivity contribution in [3.8, 4) is 22.6 Å². The molecule has 3 heterocycles. The fourth-order valence-electron chi connectivity index (χ4n) is 8.39. The molecule has 0 atom stereocenters. The Bertz CT molecular complexity index is 2680. The number of hydrogen-bond acceptors (Lipinski definition) is 1. The van der Waals surface area contributed by atoms with E-state index in [-0.39, 0.29) is 5.41 Å². The highest BCUT2D eigenvalue weighted by Gasteiger charge is 2.36. The number of fused-ring (bicyclic) bond motifs is 7. The van der Waals surface area contributed by atoms with E-state index in [1.807, 2.05) is 0 Å². The van der Waals surface area contributed by atoms with Crippen LogP contribution in [0, 0.1) is 0 Å². The molecule has 0 radical (unpaired) electrons. The highest BCUT2D eigenvalue weighted by Crippen LogP contribution is 2.52. The molecule has 3 heteroatoms. The molecule has 0 saturated heterocycles. The summed E-state index contributed by atoms with van der Waals surface area (Å²) in [5, 5.41) is 3.69. The Morgan fingerprint density at radius 2 is 1.02 bits per heavy atom. The standard InChI is InChI=1S/C47H35N3/c1-47(2)39-23-10-13-26-42(39)48(43-27-14-11-24-40(43)47)35-20-15-21-36(31-35)50-41-25-12-9-22-37(41)38-29-28-33-30-44(32-16-5-3-6-17-32)49(45(33)46(38)50)34-18-7-4-8-19-34/h3-31H,1-2H3. The molecule has 0 spiro atoms. The van der Waals surface area contributed by atoms with Crippen LogP contribution in [0.4, 0.5) is 17.1 Å². The van der Waals surface area contributed by atoms with E-state index in [0.29, 0.717) is 0 Å². The molecule has 0 saturated carbocycles. The minimum absolute atomic E-state index is 0.112. The van der Waals surface area contributed by atoms with E-state index in [9.17, 15) is 0 Å². The van der Waals surface area contributed by atoms with Gasteiger partial charge in [-0.15, -0.1) is 0 Å². The average molecular weight is 642 g/mol. The Hall–Kier alpha value is -6.32. The van der Waals surface area contributed by atoms with Gasteiger partial charge in [-0.2, -0.15) is 0 Å². The quantitative estimate of drug-likeness (QED) is 0.186. The molecule has 238 valence electrons. The lowest BCUT2D eigenvalue weighted by Gasteiger charge is -2.42. The van der Waals surface area contributed by atoms with Crippen LogP contribution in [-0.2, 0) is 5.41 Å². The van der Waals surface area contributed by atoms with Crippen molar-refractivity contribution in [3.63, 3.8) is 0 Å². The molecule has 0 bridgehead atoms. The molecule has 9 aromatic rings. The van der Waals surface area contributed by atoms with Gasteiger partial charge >= 0.3 is 0 Å². The zero-order valence-electron chi connectivity index (χ0n) is 28.1. The third kappa shape index (κ3) is 4.10. The first-order chi connectivity index (χ1) is 24.6. The van der Waals surface area contributed by atoms with Crippen molar-refractivity contribution in [1.29, 1.82) is 0 Å². The van der Waals surface area contributed by atoms with E-state index in [1.165, 1.54) is 66.5 Å². The first kappa shape index (κ1) is 28.7. The van der Waals surface area contributed by atoms with Crippen molar-refractivity contribution >= 4 is 49.8 Å². The van der Waals surface area contributed by atoms with Crippen LogP contribution in [0.5, 0.6) is 0 Å². The minimum Gasteiger partial charge on any atom is -0.310 e. The summed E-state index contributed by atoms with van der Waals surface area (Å²) >= 11 is 0. The molecule has 0 unspecified atom stereocenters. The molecule has 2 aromatic heterocycles. The second kappa shape index (κ2) is 10.8. The van der Waals surface area contributed by atoms with Crippen LogP contribution >= 0.6 is 0 Å². The number of benzene rings is 7. The highest BCUT2D eigenvalue weighted by molar-refractivity contribution is 6.19.